The first-order valence-electron chi connectivity index (χ1n) is 8.85. The summed E-state index contributed by atoms with van der Waals surface area (Å²) >= 11 is 6.02. The van der Waals surface area contributed by atoms with Crippen molar-refractivity contribution >= 4 is 17.5 Å². The standard InChI is InChI=1S/C22H22ClNO3/c1-22(2)14-16(5-3-8-19-9-10-20(15-25)27-19)11-12-24(22)21(26)17-6-4-7-18(23)13-17/h4-7,9-10,13,25H,11-12,14-15H2,1-2H3/b16-5+. The van der Waals surface area contributed by atoms with Crippen LogP contribution in [0.3, 0.4) is 0 Å². The molecule has 0 spiro atoms. The van der Waals surface area contributed by atoms with E-state index in [9.17, 15) is 4.79 Å². The van der Waals surface area contributed by atoms with Crippen LogP contribution in [0.25, 0.3) is 0 Å². The van der Waals surface area contributed by atoms with Gasteiger partial charge in [-0.2, -0.15) is 0 Å². The first kappa shape index (κ1) is 19.3. The largest absolute Gasteiger partial charge is 0.450 e. The fourth-order valence-electron chi connectivity index (χ4n) is 3.31. The first-order valence-corrected chi connectivity index (χ1v) is 9.23. The molecular weight excluding hydrogens is 362 g/mol. The maximum atomic E-state index is 12.9. The zero-order valence-corrected chi connectivity index (χ0v) is 16.2. The number of hydrogen-bond acceptors (Lipinski definition) is 3. The molecule has 0 bridgehead atoms. The zero-order chi connectivity index (χ0) is 19.4. The van der Waals surface area contributed by atoms with Gasteiger partial charge in [-0.25, -0.2) is 0 Å². The quantitative estimate of drug-likeness (QED) is 0.781. The third kappa shape index (κ3) is 4.63. The summed E-state index contributed by atoms with van der Waals surface area (Å²) in [5.41, 5.74) is 1.51. The Hall–Kier alpha value is -2.48. The van der Waals surface area contributed by atoms with E-state index in [-0.39, 0.29) is 18.1 Å². The van der Waals surface area contributed by atoms with Crippen molar-refractivity contribution in [1.29, 1.82) is 0 Å². The van der Waals surface area contributed by atoms with E-state index >= 15 is 0 Å². The van der Waals surface area contributed by atoms with E-state index in [1.807, 2.05) is 11.0 Å². The van der Waals surface area contributed by atoms with Crippen molar-refractivity contribution in [1.82, 2.24) is 4.90 Å². The second kappa shape index (κ2) is 8.04. The Bertz CT molecular complexity index is 930. The average molecular weight is 384 g/mol. The van der Waals surface area contributed by atoms with Crippen LogP contribution < -0.4 is 0 Å². The van der Waals surface area contributed by atoms with Gasteiger partial charge in [0.05, 0.1) is 0 Å². The number of benzene rings is 1. The number of allylic oxidation sites excluding steroid dienone is 1. The van der Waals surface area contributed by atoms with Gasteiger partial charge in [0.25, 0.3) is 5.91 Å². The molecule has 0 unspecified atom stereocenters. The molecule has 1 aliphatic heterocycles. The molecule has 0 radical (unpaired) electrons. The molecule has 2 aromatic rings. The van der Waals surface area contributed by atoms with Gasteiger partial charge in [-0.15, -0.1) is 0 Å². The Morgan fingerprint density at radius 1 is 1.37 bits per heavy atom. The van der Waals surface area contributed by atoms with Crippen LogP contribution in [0.1, 0.15) is 48.6 Å². The Balaban J connectivity index is 1.70. The number of hydrogen-bond donors (Lipinski definition) is 1. The summed E-state index contributed by atoms with van der Waals surface area (Å²) in [7, 11) is 0. The van der Waals surface area contributed by atoms with E-state index in [0.29, 0.717) is 28.7 Å². The average Bonchev–Trinajstić information content (AvgIpc) is 3.08. The molecule has 4 nitrogen and oxygen atoms in total. The molecule has 1 fully saturated rings. The minimum Gasteiger partial charge on any atom is -0.450 e. The molecule has 0 atom stereocenters. The van der Waals surface area contributed by atoms with Crippen molar-refractivity contribution in [3.63, 3.8) is 0 Å². The van der Waals surface area contributed by atoms with Gasteiger partial charge in [-0.05, 0) is 69.0 Å². The van der Waals surface area contributed by atoms with Crippen LogP contribution in [0.15, 0.2) is 52.5 Å². The summed E-state index contributed by atoms with van der Waals surface area (Å²) in [6.45, 7) is 4.64. The maximum Gasteiger partial charge on any atom is 0.254 e. The van der Waals surface area contributed by atoms with Gasteiger partial charge in [0.1, 0.15) is 12.4 Å². The number of nitrogens with zero attached hydrogens (tertiary/aromatic N) is 1. The van der Waals surface area contributed by atoms with E-state index in [1.165, 1.54) is 5.57 Å². The molecule has 1 saturated heterocycles. The Kier molecular flexibility index (Phi) is 5.74. The highest BCUT2D eigenvalue weighted by molar-refractivity contribution is 6.30. The van der Waals surface area contributed by atoms with Crippen LogP contribution in [0.5, 0.6) is 0 Å². The molecule has 0 saturated carbocycles. The SMILES string of the molecule is CC1(C)C/C(=C/C#Cc2ccc(CO)o2)CCN1C(=O)c1cccc(Cl)c1. The van der Waals surface area contributed by atoms with Crippen molar-refractivity contribution in [3.05, 3.63) is 70.2 Å². The molecule has 27 heavy (non-hydrogen) atoms. The van der Waals surface area contributed by atoms with Crippen molar-refractivity contribution < 1.29 is 14.3 Å². The van der Waals surface area contributed by atoms with Gasteiger partial charge >= 0.3 is 0 Å². The summed E-state index contributed by atoms with van der Waals surface area (Å²) in [6.07, 6.45) is 3.45. The normalized spacial score (nSPS) is 17.5. The zero-order valence-electron chi connectivity index (χ0n) is 15.5. The molecule has 5 heteroatoms. The molecule has 140 valence electrons. The molecular formula is C22H22ClNO3. The summed E-state index contributed by atoms with van der Waals surface area (Å²) in [5, 5.41) is 9.58. The smallest absolute Gasteiger partial charge is 0.254 e. The van der Waals surface area contributed by atoms with Crippen molar-refractivity contribution in [2.45, 2.75) is 38.8 Å². The summed E-state index contributed by atoms with van der Waals surface area (Å²) < 4.78 is 5.35. The van der Waals surface area contributed by atoms with Crippen LogP contribution in [0.4, 0.5) is 0 Å². The summed E-state index contributed by atoms with van der Waals surface area (Å²) in [4.78, 5) is 14.8. The van der Waals surface area contributed by atoms with Gasteiger partial charge in [0.15, 0.2) is 5.76 Å². The lowest BCUT2D eigenvalue weighted by Crippen LogP contribution is -2.51. The topological polar surface area (TPSA) is 53.7 Å². The predicted octanol–water partition coefficient (Wildman–Crippen LogP) is 4.42. The fraction of sp³-hybridized carbons (Fsp3) is 0.318. The first-order chi connectivity index (χ1) is 12.9. The van der Waals surface area contributed by atoms with E-state index in [2.05, 4.69) is 25.7 Å². The van der Waals surface area contributed by atoms with E-state index in [0.717, 1.165) is 12.8 Å². The van der Waals surface area contributed by atoms with Crippen molar-refractivity contribution in [3.8, 4) is 11.8 Å². The van der Waals surface area contributed by atoms with Gasteiger partial charge < -0.3 is 14.4 Å². The lowest BCUT2D eigenvalue weighted by atomic mass is 9.86. The third-order valence-corrected chi connectivity index (χ3v) is 4.89. The van der Waals surface area contributed by atoms with Gasteiger partial charge in [0, 0.05) is 22.7 Å². The number of aliphatic hydroxyl groups excluding tert-OH is 1. The fourth-order valence-corrected chi connectivity index (χ4v) is 3.50. The number of piperidine rings is 1. The van der Waals surface area contributed by atoms with Crippen molar-refractivity contribution in [2.24, 2.45) is 0 Å². The van der Waals surface area contributed by atoms with E-state index in [1.54, 1.807) is 36.4 Å². The predicted molar refractivity (Wildman–Crippen MR) is 105 cm³/mol. The minimum atomic E-state index is -0.306. The van der Waals surface area contributed by atoms with Crippen LogP contribution >= 0.6 is 11.6 Å². The Morgan fingerprint density at radius 3 is 2.85 bits per heavy atom. The highest BCUT2D eigenvalue weighted by Gasteiger charge is 2.35. The van der Waals surface area contributed by atoms with Crippen molar-refractivity contribution in [2.75, 3.05) is 6.54 Å². The number of likely N-dealkylation sites (tertiary alicyclic amines) is 1. The monoisotopic (exact) mass is 383 g/mol. The van der Waals surface area contributed by atoms with E-state index < -0.39 is 0 Å². The number of furan rings is 1. The number of rotatable bonds is 2. The Morgan fingerprint density at radius 2 is 2.19 bits per heavy atom. The maximum absolute atomic E-state index is 12.9. The third-order valence-electron chi connectivity index (χ3n) is 4.65. The second-order valence-corrected chi connectivity index (χ2v) is 7.64. The minimum absolute atomic E-state index is 0.000229. The van der Waals surface area contributed by atoms with Crippen LogP contribution in [0.2, 0.25) is 5.02 Å². The molecule has 1 aromatic heterocycles. The lowest BCUT2D eigenvalue weighted by Gasteiger charge is -2.43. The summed E-state index contributed by atoms with van der Waals surface area (Å²) in [5.74, 6) is 6.99. The summed E-state index contributed by atoms with van der Waals surface area (Å²) in [6, 6.07) is 10.5. The van der Waals surface area contributed by atoms with Gasteiger partial charge in [0.2, 0.25) is 0 Å². The molecule has 0 aliphatic carbocycles. The number of amides is 1. The van der Waals surface area contributed by atoms with Crippen LogP contribution in [-0.4, -0.2) is 28.0 Å². The van der Waals surface area contributed by atoms with Crippen LogP contribution in [0, 0.1) is 11.8 Å². The molecule has 1 aliphatic rings. The molecule has 1 aromatic carbocycles. The number of halogens is 1. The number of carbonyl (C=O) groups excluding carboxylic acids is 1. The second-order valence-electron chi connectivity index (χ2n) is 7.20. The molecule has 3 rings (SSSR count). The lowest BCUT2D eigenvalue weighted by molar-refractivity contribution is 0.0501. The molecule has 1 amide bonds. The van der Waals surface area contributed by atoms with Crippen LogP contribution in [-0.2, 0) is 6.61 Å². The molecule has 2 heterocycles. The number of aliphatic hydroxyl groups is 1. The molecule has 1 N–H and O–H groups in total. The highest BCUT2D eigenvalue weighted by atomic mass is 35.5. The Labute approximate surface area is 164 Å². The number of carbonyl (C=O) groups is 1. The highest BCUT2D eigenvalue weighted by Crippen LogP contribution is 2.32. The van der Waals surface area contributed by atoms with E-state index in [4.69, 9.17) is 21.1 Å². The van der Waals surface area contributed by atoms with Gasteiger partial charge in [-0.3, -0.25) is 4.79 Å². The van der Waals surface area contributed by atoms with Gasteiger partial charge in [-0.1, -0.05) is 29.2 Å².